The van der Waals surface area contributed by atoms with Gasteiger partial charge in [-0.2, -0.15) is 0 Å². The largest absolute Gasteiger partial charge is 0.369 e. The third-order valence-electron chi connectivity index (χ3n) is 2.34. The fraction of sp³-hybridized carbons (Fsp3) is 0.444. The minimum absolute atomic E-state index is 0. The number of nitrogens with zero attached hydrogens (tertiary/aromatic N) is 3. The summed E-state index contributed by atoms with van der Waals surface area (Å²) in [4.78, 5) is 6.32. The van der Waals surface area contributed by atoms with Crippen LogP contribution < -0.4 is 10.7 Å². The SMILES string of the molecule is Cl.Cl.NN1CCN(c2ccncc2)CC1. The number of anilines is 1. The number of hydrogen-bond acceptors (Lipinski definition) is 4. The third-order valence-corrected chi connectivity index (χ3v) is 2.34. The number of pyridine rings is 1. The van der Waals surface area contributed by atoms with Crippen LogP contribution in [-0.2, 0) is 0 Å². The zero-order valence-electron chi connectivity index (χ0n) is 8.37. The molecule has 1 aromatic heterocycles. The molecule has 1 aliphatic rings. The third kappa shape index (κ3) is 3.83. The monoisotopic (exact) mass is 250 g/mol. The van der Waals surface area contributed by atoms with Crippen molar-refractivity contribution in [1.29, 1.82) is 0 Å². The molecule has 0 radical (unpaired) electrons. The predicted molar refractivity (Wildman–Crippen MR) is 66.7 cm³/mol. The highest BCUT2D eigenvalue weighted by Crippen LogP contribution is 2.13. The lowest BCUT2D eigenvalue weighted by Crippen LogP contribution is -2.49. The second-order valence-electron chi connectivity index (χ2n) is 3.23. The molecule has 1 aliphatic heterocycles. The van der Waals surface area contributed by atoms with Crippen molar-refractivity contribution in [2.45, 2.75) is 0 Å². The number of hydrogen-bond donors (Lipinski definition) is 1. The van der Waals surface area contributed by atoms with E-state index in [1.807, 2.05) is 29.5 Å². The lowest BCUT2D eigenvalue weighted by atomic mass is 10.3. The lowest BCUT2D eigenvalue weighted by molar-refractivity contribution is 0.266. The average Bonchev–Trinajstić information content (AvgIpc) is 2.20. The summed E-state index contributed by atoms with van der Waals surface area (Å²) in [6.07, 6.45) is 3.65. The molecular weight excluding hydrogens is 235 g/mol. The molecule has 0 spiro atoms. The highest BCUT2D eigenvalue weighted by atomic mass is 35.5. The first kappa shape index (κ1) is 14.5. The summed E-state index contributed by atoms with van der Waals surface area (Å²) in [5.41, 5.74) is 1.24. The van der Waals surface area contributed by atoms with Crippen molar-refractivity contribution < 1.29 is 0 Å². The molecular formula is C9H16Cl2N4. The van der Waals surface area contributed by atoms with E-state index in [9.17, 15) is 0 Å². The minimum atomic E-state index is 0. The summed E-state index contributed by atoms with van der Waals surface area (Å²) in [6, 6.07) is 4.07. The van der Waals surface area contributed by atoms with E-state index in [0.29, 0.717) is 0 Å². The van der Waals surface area contributed by atoms with Crippen LogP contribution in [0.4, 0.5) is 5.69 Å². The molecule has 6 heteroatoms. The van der Waals surface area contributed by atoms with Crippen LogP contribution in [0.2, 0.25) is 0 Å². The Kier molecular flexibility index (Phi) is 6.60. The Bertz CT molecular complexity index is 262. The van der Waals surface area contributed by atoms with Gasteiger partial charge in [0.25, 0.3) is 0 Å². The molecule has 4 nitrogen and oxygen atoms in total. The standard InChI is InChI=1S/C9H14N4.2ClH/c10-13-7-5-12(6-8-13)9-1-3-11-4-2-9;;/h1-4H,5-8,10H2;2*1H. The van der Waals surface area contributed by atoms with E-state index in [2.05, 4.69) is 9.88 Å². The van der Waals surface area contributed by atoms with Gasteiger partial charge in [-0.25, -0.2) is 5.01 Å². The molecule has 0 unspecified atom stereocenters. The van der Waals surface area contributed by atoms with Crippen LogP contribution in [0.5, 0.6) is 0 Å². The molecule has 0 saturated carbocycles. The molecule has 1 aromatic rings. The molecule has 15 heavy (non-hydrogen) atoms. The second-order valence-corrected chi connectivity index (χ2v) is 3.23. The summed E-state index contributed by atoms with van der Waals surface area (Å²) < 4.78 is 0. The van der Waals surface area contributed by atoms with E-state index in [1.54, 1.807) is 0 Å². The molecule has 0 bridgehead atoms. The zero-order chi connectivity index (χ0) is 9.10. The Balaban J connectivity index is 0.000000980. The van der Waals surface area contributed by atoms with Crippen molar-refractivity contribution in [2.75, 3.05) is 31.1 Å². The van der Waals surface area contributed by atoms with Gasteiger partial charge in [0.15, 0.2) is 0 Å². The molecule has 1 fully saturated rings. The topological polar surface area (TPSA) is 45.4 Å². The molecule has 0 aliphatic carbocycles. The number of piperazine rings is 1. The van der Waals surface area contributed by atoms with Gasteiger partial charge >= 0.3 is 0 Å². The van der Waals surface area contributed by atoms with Crippen molar-refractivity contribution in [3.8, 4) is 0 Å². The molecule has 2 heterocycles. The Morgan fingerprint density at radius 3 is 2.07 bits per heavy atom. The fourth-order valence-electron chi connectivity index (χ4n) is 1.53. The second kappa shape index (κ2) is 6.85. The van der Waals surface area contributed by atoms with Gasteiger partial charge in [0.05, 0.1) is 0 Å². The predicted octanol–water partition coefficient (Wildman–Crippen LogP) is 0.921. The first-order chi connectivity index (χ1) is 6.36. The highest BCUT2D eigenvalue weighted by molar-refractivity contribution is 5.85. The molecule has 2 N–H and O–H groups in total. The molecule has 0 atom stereocenters. The summed E-state index contributed by atoms with van der Waals surface area (Å²) in [5.74, 6) is 5.67. The van der Waals surface area contributed by atoms with Gasteiger partial charge in [0.1, 0.15) is 0 Å². The van der Waals surface area contributed by atoms with Crippen LogP contribution in [0.1, 0.15) is 0 Å². The minimum Gasteiger partial charge on any atom is -0.369 e. The van der Waals surface area contributed by atoms with E-state index in [0.717, 1.165) is 26.2 Å². The number of nitrogens with two attached hydrogens (primary N) is 1. The van der Waals surface area contributed by atoms with E-state index >= 15 is 0 Å². The normalized spacial score (nSPS) is 16.5. The zero-order valence-corrected chi connectivity index (χ0v) is 10.0. The highest BCUT2D eigenvalue weighted by Gasteiger charge is 2.13. The smallest absolute Gasteiger partial charge is 0.0397 e. The van der Waals surface area contributed by atoms with Crippen LogP contribution in [0.25, 0.3) is 0 Å². The number of rotatable bonds is 1. The molecule has 86 valence electrons. The van der Waals surface area contributed by atoms with Gasteiger partial charge in [0.2, 0.25) is 0 Å². The molecule has 0 amide bonds. The van der Waals surface area contributed by atoms with Crippen LogP contribution in [-0.4, -0.2) is 36.2 Å². The van der Waals surface area contributed by atoms with Crippen molar-refractivity contribution >= 4 is 30.5 Å². The van der Waals surface area contributed by atoms with Crippen molar-refractivity contribution in [3.05, 3.63) is 24.5 Å². The fourth-order valence-corrected chi connectivity index (χ4v) is 1.53. The van der Waals surface area contributed by atoms with E-state index < -0.39 is 0 Å². The Morgan fingerprint density at radius 2 is 1.53 bits per heavy atom. The van der Waals surface area contributed by atoms with Crippen LogP contribution >= 0.6 is 24.8 Å². The molecule has 1 saturated heterocycles. The molecule has 2 rings (SSSR count). The average molecular weight is 251 g/mol. The number of aromatic nitrogens is 1. The first-order valence-electron chi connectivity index (χ1n) is 4.51. The van der Waals surface area contributed by atoms with Gasteiger partial charge in [-0.1, -0.05) is 0 Å². The van der Waals surface area contributed by atoms with Crippen LogP contribution in [0.3, 0.4) is 0 Å². The maximum absolute atomic E-state index is 5.67. The Labute approximate surface area is 102 Å². The van der Waals surface area contributed by atoms with Gasteiger partial charge in [-0.15, -0.1) is 24.8 Å². The van der Waals surface area contributed by atoms with Gasteiger partial charge in [-0.3, -0.25) is 10.8 Å². The lowest BCUT2D eigenvalue weighted by Gasteiger charge is -2.33. The van der Waals surface area contributed by atoms with Gasteiger partial charge in [-0.05, 0) is 12.1 Å². The van der Waals surface area contributed by atoms with Crippen molar-refractivity contribution in [2.24, 2.45) is 5.84 Å². The van der Waals surface area contributed by atoms with Crippen LogP contribution in [0.15, 0.2) is 24.5 Å². The van der Waals surface area contributed by atoms with Crippen molar-refractivity contribution in [1.82, 2.24) is 9.99 Å². The quantitative estimate of drug-likeness (QED) is 0.754. The Hall–Kier alpha value is -0.550. The van der Waals surface area contributed by atoms with Crippen LogP contribution in [0, 0.1) is 0 Å². The summed E-state index contributed by atoms with van der Waals surface area (Å²) in [6.45, 7) is 3.87. The first-order valence-corrected chi connectivity index (χ1v) is 4.51. The van der Waals surface area contributed by atoms with E-state index in [-0.39, 0.29) is 24.8 Å². The van der Waals surface area contributed by atoms with Gasteiger partial charge in [0, 0.05) is 44.3 Å². The summed E-state index contributed by atoms with van der Waals surface area (Å²) in [7, 11) is 0. The van der Waals surface area contributed by atoms with Crippen molar-refractivity contribution in [3.63, 3.8) is 0 Å². The van der Waals surface area contributed by atoms with Gasteiger partial charge < -0.3 is 4.90 Å². The maximum atomic E-state index is 5.67. The number of hydrazine groups is 1. The molecule has 0 aromatic carbocycles. The maximum Gasteiger partial charge on any atom is 0.0397 e. The summed E-state index contributed by atoms with van der Waals surface area (Å²) >= 11 is 0. The summed E-state index contributed by atoms with van der Waals surface area (Å²) in [5, 5.41) is 1.86. The van der Waals surface area contributed by atoms with E-state index in [4.69, 9.17) is 5.84 Å². The number of halogens is 2. The Morgan fingerprint density at radius 1 is 1.00 bits per heavy atom. The van der Waals surface area contributed by atoms with E-state index in [1.165, 1.54) is 5.69 Å².